The number of ether oxygens (including phenoxy) is 1. The summed E-state index contributed by atoms with van der Waals surface area (Å²) in [4.78, 5) is 0. The van der Waals surface area contributed by atoms with Crippen molar-refractivity contribution in [1.29, 1.82) is 0 Å². The van der Waals surface area contributed by atoms with Crippen molar-refractivity contribution in [2.45, 2.75) is 44.8 Å². The second-order valence-electron chi connectivity index (χ2n) is 4.37. The van der Waals surface area contributed by atoms with Gasteiger partial charge in [0, 0.05) is 6.04 Å². The highest BCUT2D eigenvalue weighted by atomic mass is 16.5. The molecule has 1 aliphatic carbocycles. The Bertz CT molecular complexity index is 301. The molecule has 1 fully saturated rings. The zero-order valence-corrected chi connectivity index (χ0v) is 9.28. The van der Waals surface area contributed by atoms with E-state index in [1.54, 1.807) is 0 Å². The number of hydrogen-bond acceptors (Lipinski definition) is 2. The van der Waals surface area contributed by atoms with E-state index in [0.29, 0.717) is 12.1 Å². The second kappa shape index (κ2) is 4.67. The van der Waals surface area contributed by atoms with E-state index in [1.807, 2.05) is 0 Å². The van der Waals surface area contributed by atoms with Gasteiger partial charge in [0.2, 0.25) is 0 Å². The Morgan fingerprint density at radius 2 is 1.93 bits per heavy atom. The van der Waals surface area contributed by atoms with Crippen molar-refractivity contribution < 1.29 is 4.74 Å². The highest BCUT2D eigenvalue weighted by Gasteiger charge is 2.27. The van der Waals surface area contributed by atoms with Crippen LogP contribution in [0.1, 0.15) is 31.7 Å². The molecule has 0 spiro atoms. The summed E-state index contributed by atoms with van der Waals surface area (Å²) in [7, 11) is 0. The Hall–Kier alpha value is -1.02. The molecule has 0 aromatic heterocycles. The predicted molar refractivity (Wildman–Crippen MR) is 62.1 cm³/mol. The fourth-order valence-corrected chi connectivity index (χ4v) is 1.92. The van der Waals surface area contributed by atoms with E-state index >= 15 is 0 Å². The van der Waals surface area contributed by atoms with Gasteiger partial charge >= 0.3 is 0 Å². The average molecular weight is 205 g/mol. The molecular weight excluding hydrogens is 186 g/mol. The van der Waals surface area contributed by atoms with Crippen LogP contribution >= 0.6 is 0 Å². The molecule has 0 atom stereocenters. The van der Waals surface area contributed by atoms with Gasteiger partial charge in [-0.2, -0.15) is 0 Å². The fourth-order valence-electron chi connectivity index (χ4n) is 1.92. The molecule has 1 aromatic carbocycles. The average Bonchev–Trinajstić information content (AvgIpc) is 2.19. The van der Waals surface area contributed by atoms with Gasteiger partial charge in [0.1, 0.15) is 11.9 Å². The maximum Gasteiger partial charge on any atom is 0.119 e. The van der Waals surface area contributed by atoms with Gasteiger partial charge in [0.05, 0.1) is 0 Å². The van der Waals surface area contributed by atoms with Crippen LogP contribution in [0.5, 0.6) is 5.75 Å². The first-order valence-electron chi connectivity index (χ1n) is 5.79. The summed E-state index contributed by atoms with van der Waals surface area (Å²) in [5.41, 5.74) is 7.09. The minimum absolute atomic E-state index is 0.344. The SMILES string of the molecule is CCCc1ccc(OC2CC(N)C2)cc1. The van der Waals surface area contributed by atoms with Crippen molar-refractivity contribution in [2.24, 2.45) is 5.73 Å². The molecule has 0 heterocycles. The van der Waals surface area contributed by atoms with Crippen LogP contribution < -0.4 is 10.5 Å². The van der Waals surface area contributed by atoms with Crippen LogP contribution in [0.15, 0.2) is 24.3 Å². The summed E-state index contributed by atoms with van der Waals surface area (Å²) >= 11 is 0. The third-order valence-electron chi connectivity index (χ3n) is 2.90. The molecule has 1 aliphatic rings. The van der Waals surface area contributed by atoms with E-state index in [-0.39, 0.29) is 0 Å². The van der Waals surface area contributed by atoms with E-state index in [9.17, 15) is 0 Å². The molecule has 0 unspecified atom stereocenters. The molecular formula is C13H19NO. The lowest BCUT2D eigenvalue weighted by atomic mass is 9.90. The molecule has 2 N–H and O–H groups in total. The highest BCUT2D eigenvalue weighted by Crippen LogP contribution is 2.24. The minimum Gasteiger partial charge on any atom is -0.490 e. The minimum atomic E-state index is 0.344. The summed E-state index contributed by atoms with van der Waals surface area (Å²) < 4.78 is 5.77. The lowest BCUT2D eigenvalue weighted by Gasteiger charge is -2.32. The molecule has 0 aliphatic heterocycles. The van der Waals surface area contributed by atoms with E-state index in [1.165, 1.54) is 12.0 Å². The summed E-state index contributed by atoms with van der Waals surface area (Å²) in [6.07, 6.45) is 4.68. The van der Waals surface area contributed by atoms with Crippen LogP contribution in [0.25, 0.3) is 0 Å². The third kappa shape index (κ3) is 2.72. The van der Waals surface area contributed by atoms with Gasteiger partial charge in [0.15, 0.2) is 0 Å². The van der Waals surface area contributed by atoms with Crippen LogP contribution in [0.2, 0.25) is 0 Å². The molecule has 15 heavy (non-hydrogen) atoms. The predicted octanol–water partition coefficient (Wildman–Crippen LogP) is 2.51. The zero-order chi connectivity index (χ0) is 10.7. The quantitative estimate of drug-likeness (QED) is 0.819. The Kier molecular flexibility index (Phi) is 3.27. The van der Waals surface area contributed by atoms with Crippen LogP contribution in [0, 0.1) is 0 Å². The first kappa shape index (κ1) is 10.5. The Labute approximate surface area is 91.4 Å². The van der Waals surface area contributed by atoms with E-state index < -0.39 is 0 Å². The first-order valence-corrected chi connectivity index (χ1v) is 5.79. The lowest BCUT2D eigenvalue weighted by Crippen LogP contribution is -2.43. The second-order valence-corrected chi connectivity index (χ2v) is 4.37. The molecule has 82 valence electrons. The third-order valence-corrected chi connectivity index (χ3v) is 2.90. The van der Waals surface area contributed by atoms with Gasteiger partial charge < -0.3 is 10.5 Å². The largest absolute Gasteiger partial charge is 0.490 e. The van der Waals surface area contributed by atoms with Gasteiger partial charge in [-0.1, -0.05) is 25.5 Å². The number of rotatable bonds is 4. The van der Waals surface area contributed by atoms with E-state index in [2.05, 4.69) is 31.2 Å². The summed E-state index contributed by atoms with van der Waals surface area (Å²) in [6, 6.07) is 8.78. The Morgan fingerprint density at radius 3 is 2.47 bits per heavy atom. The fraction of sp³-hybridized carbons (Fsp3) is 0.538. The summed E-state index contributed by atoms with van der Waals surface area (Å²) in [5.74, 6) is 0.978. The lowest BCUT2D eigenvalue weighted by molar-refractivity contribution is 0.101. The van der Waals surface area contributed by atoms with Gasteiger partial charge in [-0.15, -0.1) is 0 Å². The van der Waals surface area contributed by atoms with E-state index in [0.717, 1.165) is 25.0 Å². The summed E-state index contributed by atoms with van der Waals surface area (Å²) in [5, 5.41) is 0. The highest BCUT2D eigenvalue weighted by molar-refractivity contribution is 5.27. The molecule has 0 bridgehead atoms. The number of aryl methyl sites for hydroxylation is 1. The van der Waals surface area contributed by atoms with Crippen LogP contribution in [0.4, 0.5) is 0 Å². The number of hydrogen-bond donors (Lipinski definition) is 1. The van der Waals surface area contributed by atoms with Crippen LogP contribution in [0.3, 0.4) is 0 Å². The first-order chi connectivity index (χ1) is 7.28. The monoisotopic (exact) mass is 205 g/mol. The van der Waals surface area contributed by atoms with Gasteiger partial charge in [-0.05, 0) is 37.0 Å². The van der Waals surface area contributed by atoms with Crippen molar-refractivity contribution in [3.05, 3.63) is 29.8 Å². The maximum absolute atomic E-state index is 5.77. The van der Waals surface area contributed by atoms with Gasteiger partial charge in [-0.3, -0.25) is 0 Å². The molecule has 0 saturated heterocycles. The van der Waals surface area contributed by atoms with Gasteiger partial charge in [0.25, 0.3) is 0 Å². The molecule has 0 radical (unpaired) electrons. The number of benzene rings is 1. The summed E-state index contributed by atoms with van der Waals surface area (Å²) in [6.45, 7) is 2.19. The number of nitrogens with two attached hydrogens (primary N) is 1. The molecule has 1 aromatic rings. The normalized spacial score (nSPS) is 24.7. The maximum atomic E-state index is 5.77. The topological polar surface area (TPSA) is 35.2 Å². The Balaban J connectivity index is 1.87. The molecule has 1 saturated carbocycles. The van der Waals surface area contributed by atoms with E-state index in [4.69, 9.17) is 10.5 Å². The molecule has 2 heteroatoms. The standard InChI is InChI=1S/C13H19NO/c1-2-3-10-4-6-12(7-5-10)15-13-8-11(14)9-13/h4-7,11,13H,2-3,8-9,14H2,1H3. The van der Waals surface area contributed by atoms with Crippen molar-refractivity contribution in [3.63, 3.8) is 0 Å². The van der Waals surface area contributed by atoms with Gasteiger partial charge in [-0.25, -0.2) is 0 Å². The van der Waals surface area contributed by atoms with Crippen molar-refractivity contribution in [2.75, 3.05) is 0 Å². The van der Waals surface area contributed by atoms with Crippen molar-refractivity contribution in [3.8, 4) is 5.75 Å². The Morgan fingerprint density at radius 1 is 1.27 bits per heavy atom. The van der Waals surface area contributed by atoms with Crippen LogP contribution in [-0.2, 0) is 6.42 Å². The molecule has 2 rings (SSSR count). The smallest absolute Gasteiger partial charge is 0.119 e. The molecule has 0 amide bonds. The zero-order valence-electron chi connectivity index (χ0n) is 9.28. The van der Waals surface area contributed by atoms with Crippen molar-refractivity contribution in [1.82, 2.24) is 0 Å². The van der Waals surface area contributed by atoms with Crippen LogP contribution in [-0.4, -0.2) is 12.1 Å². The van der Waals surface area contributed by atoms with Crippen molar-refractivity contribution >= 4 is 0 Å². The molecule has 2 nitrogen and oxygen atoms in total.